The molecule has 0 spiro atoms. The minimum absolute atomic E-state index is 0.119. The number of hydrogen-bond donors (Lipinski definition) is 3. The molecule has 1 unspecified atom stereocenters. The number of rotatable bonds is 5. The Morgan fingerprint density at radius 2 is 2.00 bits per heavy atom. The third kappa shape index (κ3) is 5.09. The van der Waals surface area contributed by atoms with Crippen molar-refractivity contribution in [3.05, 3.63) is 29.6 Å². The summed E-state index contributed by atoms with van der Waals surface area (Å²) in [5.74, 6) is -2.98. The number of nitrogens with one attached hydrogen (secondary N) is 2. The quantitative estimate of drug-likeness (QED) is 0.756. The van der Waals surface area contributed by atoms with Crippen LogP contribution >= 0.6 is 0 Å². The molecule has 114 valence electrons. The molecule has 0 aliphatic rings. The Morgan fingerprint density at radius 1 is 1.33 bits per heavy atom. The van der Waals surface area contributed by atoms with Crippen molar-refractivity contribution in [2.45, 2.75) is 20.0 Å². The molecule has 0 aliphatic heterocycles. The predicted octanol–water partition coefficient (Wildman–Crippen LogP) is 1.14. The summed E-state index contributed by atoms with van der Waals surface area (Å²) in [6, 6.07) is 2.18. The van der Waals surface area contributed by atoms with Crippen LogP contribution in [0.2, 0.25) is 0 Å². The zero-order valence-electron chi connectivity index (χ0n) is 11.5. The van der Waals surface area contributed by atoms with Crippen LogP contribution in [0.1, 0.15) is 24.2 Å². The van der Waals surface area contributed by atoms with Gasteiger partial charge in [0.1, 0.15) is 11.6 Å². The monoisotopic (exact) mass is 298 g/mol. The summed E-state index contributed by atoms with van der Waals surface area (Å²) in [4.78, 5) is 33.6. The highest BCUT2D eigenvalue weighted by molar-refractivity contribution is 5.96. The van der Waals surface area contributed by atoms with Crippen LogP contribution in [0, 0.1) is 5.82 Å². The largest absolute Gasteiger partial charge is 0.481 e. The van der Waals surface area contributed by atoms with Crippen LogP contribution in [-0.4, -0.2) is 35.7 Å². The fraction of sp³-hybridized carbons (Fsp3) is 0.308. The van der Waals surface area contributed by atoms with Crippen molar-refractivity contribution in [1.82, 2.24) is 10.6 Å². The third-order valence-electron chi connectivity index (χ3n) is 2.37. The Bertz CT molecular complexity index is 561. The minimum atomic E-state index is -1.32. The summed E-state index contributed by atoms with van der Waals surface area (Å²) in [5.41, 5.74) is -0.304. The molecular formula is C13H15FN2O5. The zero-order chi connectivity index (χ0) is 16.0. The number of carboxylic acid groups (broad SMARTS) is 1. The lowest BCUT2D eigenvalue weighted by molar-refractivity contribution is -0.126. The smallest absolute Gasteiger partial charge is 0.335 e. The molecule has 0 radical (unpaired) electrons. The van der Waals surface area contributed by atoms with Crippen LogP contribution < -0.4 is 15.4 Å². The first kappa shape index (κ1) is 16.4. The van der Waals surface area contributed by atoms with Crippen molar-refractivity contribution in [2.24, 2.45) is 0 Å². The first-order chi connectivity index (χ1) is 9.83. The van der Waals surface area contributed by atoms with Gasteiger partial charge in [-0.3, -0.25) is 10.1 Å². The average Bonchev–Trinajstić information content (AvgIpc) is 2.37. The van der Waals surface area contributed by atoms with E-state index in [4.69, 9.17) is 9.84 Å². The summed E-state index contributed by atoms with van der Waals surface area (Å²) in [6.07, 6.45) is -1.10. The van der Waals surface area contributed by atoms with E-state index in [-0.39, 0.29) is 11.3 Å². The lowest BCUT2D eigenvalue weighted by Crippen LogP contribution is -2.45. The van der Waals surface area contributed by atoms with Gasteiger partial charge in [0.15, 0.2) is 6.10 Å². The maximum absolute atomic E-state index is 13.2. The number of amides is 3. The van der Waals surface area contributed by atoms with Gasteiger partial charge in [-0.2, -0.15) is 0 Å². The van der Waals surface area contributed by atoms with Gasteiger partial charge in [-0.15, -0.1) is 0 Å². The van der Waals surface area contributed by atoms with E-state index in [0.29, 0.717) is 6.54 Å². The lowest BCUT2D eigenvalue weighted by Gasteiger charge is -2.14. The van der Waals surface area contributed by atoms with Crippen molar-refractivity contribution in [3.63, 3.8) is 0 Å². The van der Waals surface area contributed by atoms with E-state index in [1.165, 1.54) is 6.92 Å². The Kier molecular flexibility index (Phi) is 5.65. The standard InChI is InChI=1S/C13H15FN2O5/c1-3-15-13(20)16-11(17)7(2)21-10-5-8(12(18)19)4-9(14)6-10/h4-7H,3H2,1-2H3,(H,18,19)(H2,15,16,17,20). The van der Waals surface area contributed by atoms with Crippen LogP contribution in [-0.2, 0) is 4.79 Å². The van der Waals surface area contributed by atoms with E-state index >= 15 is 0 Å². The highest BCUT2D eigenvalue weighted by Gasteiger charge is 2.18. The second-order valence-electron chi connectivity index (χ2n) is 4.09. The Labute approximate surface area is 120 Å². The zero-order valence-corrected chi connectivity index (χ0v) is 11.5. The molecule has 1 rings (SSSR count). The van der Waals surface area contributed by atoms with Crippen LogP contribution in [0.15, 0.2) is 18.2 Å². The molecule has 1 atom stereocenters. The average molecular weight is 298 g/mol. The molecule has 0 heterocycles. The third-order valence-corrected chi connectivity index (χ3v) is 2.37. The van der Waals surface area contributed by atoms with Crippen LogP contribution in [0.3, 0.4) is 0 Å². The summed E-state index contributed by atoms with van der Waals surface area (Å²) < 4.78 is 18.4. The number of halogens is 1. The molecule has 3 N–H and O–H groups in total. The number of ether oxygens (including phenoxy) is 1. The van der Waals surface area contributed by atoms with Crippen molar-refractivity contribution in [3.8, 4) is 5.75 Å². The second kappa shape index (κ2) is 7.22. The molecule has 21 heavy (non-hydrogen) atoms. The number of imide groups is 1. The maximum Gasteiger partial charge on any atom is 0.335 e. The maximum atomic E-state index is 13.2. The number of hydrogen-bond acceptors (Lipinski definition) is 4. The van der Waals surface area contributed by atoms with Crippen molar-refractivity contribution < 1.29 is 28.6 Å². The molecule has 1 aromatic rings. The first-order valence-corrected chi connectivity index (χ1v) is 6.12. The molecule has 0 saturated heterocycles. The van der Waals surface area contributed by atoms with E-state index in [1.807, 2.05) is 5.32 Å². The number of urea groups is 1. The van der Waals surface area contributed by atoms with Gasteiger partial charge in [-0.25, -0.2) is 14.0 Å². The van der Waals surface area contributed by atoms with Gasteiger partial charge in [0.2, 0.25) is 0 Å². The number of aromatic carboxylic acids is 1. The summed E-state index contributed by atoms with van der Waals surface area (Å²) in [5, 5.41) is 13.2. The molecule has 0 bridgehead atoms. The topological polar surface area (TPSA) is 105 Å². The fourth-order valence-corrected chi connectivity index (χ4v) is 1.43. The van der Waals surface area contributed by atoms with Crippen molar-refractivity contribution in [2.75, 3.05) is 6.54 Å². The Balaban J connectivity index is 2.74. The van der Waals surface area contributed by atoms with Crippen molar-refractivity contribution >= 4 is 17.9 Å². The number of benzene rings is 1. The van der Waals surface area contributed by atoms with Gasteiger partial charge < -0.3 is 15.2 Å². The van der Waals surface area contributed by atoms with Crippen LogP contribution in [0.25, 0.3) is 0 Å². The van der Waals surface area contributed by atoms with Crippen LogP contribution in [0.5, 0.6) is 5.75 Å². The predicted molar refractivity (Wildman–Crippen MR) is 70.7 cm³/mol. The van der Waals surface area contributed by atoms with Gasteiger partial charge in [0.05, 0.1) is 5.56 Å². The van der Waals surface area contributed by atoms with Gasteiger partial charge >= 0.3 is 12.0 Å². The highest BCUT2D eigenvalue weighted by Crippen LogP contribution is 2.18. The fourth-order valence-electron chi connectivity index (χ4n) is 1.43. The molecular weight excluding hydrogens is 283 g/mol. The molecule has 0 fully saturated rings. The second-order valence-corrected chi connectivity index (χ2v) is 4.09. The molecule has 0 aliphatic carbocycles. The van der Waals surface area contributed by atoms with E-state index < -0.39 is 29.8 Å². The Morgan fingerprint density at radius 3 is 2.57 bits per heavy atom. The molecule has 8 heteroatoms. The van der Waals surface area contributed by atoms with Gasteiger partial charge in [-0.1, -0.05) is 0 Å². The number of carbonyl (C=O) groups is 3. The summed E-state index contributed by atoms with van der Waals surface area (Å²) >= 11 is 0. The van der Waals surface area contributed by atoms with Crippen LogP contribution in [0.4, 0.5) is 9.18 Å². The molecule has 1 aromatic carbocycles. The normalized spacial score (nSPS) is 11.4. The molecule has 3 amide bonds. The number of carboxylic acids is 1. The Hall–Kier alpha value is -2.64. The van der Waals surface area contributed by atoms with E-state index in [1.54, 1.807) is 6.92 Å². The van der Waals surface area contributed by atoms with E-state index in [9.17, 15) is 18.8 Å². The number of carbonyl (C=O) groups excluding carboxylic acids is 2. The highest BCUT2D eigenvalue weighted by atomic mass is 19.1. The van der Waals surface area contributed by atoms with Gasteiger partial charge in [0.25, 0.3) is 5.91 Å². The molecule has 0 aromatic heterocycles. The molecule has 0 saturated carbocycles. The minimum Gasteiger partial charge on any atom is -0.481 e. The van der Waals surface area contributed by atoms with E-state index in [2.05, 4.69) is 5.32 Å². The van der Waals surface area contributed by atoms with Gasteiger partial charge in [-0.05, 0) is 26.0 Å². The lowest BCUT2D eigenvalue weighted by atomic mass is 10.2. The van der Waals surface area contributed by atoms with Gasteiger partial charge in [0, 0.05) is 12.6 Å². The van der Waals surface area contributed by atoms with E-state index in [0.717, 1.165) is 18.2 Å². The summed E-state index contributed by atoms with van der Waals surface area (Å²) in [6.45, 7) is 3.38. The SMILES string of the molecule is CCNC(=O)NC(=O)C(C)Oc1cc(F)cc(C(=O)O)c1. The first-order valence-electron chi connectivity index (χ1n) is 6.12. The molecule has 7 nitrogen and oxygen atoms in total. The van der Waals surface area contributed by atoms with Crippen molar-refractivity contribution in [1.29, 1.82) is 0 Å². The summed E-state index contributed by atoms with van der Waals surface area (Å²) in [7, 11) is 0.